The molecule has 0 spiro atoms. The molecule has 0 unspecified atom stereocenters. The van der Waals surface area contributed by atoms with Crippen LogP contribution < -0.4 is 9.64 Å². The zero-order chi connectivity index (χ0) is 30.2. The first-order valence-corrected chi connectivity index (χ1v) is 14.4. The van der Waals surface area contributed by atoms with E-state index in [1.54, 1.807) is 20.8 Å². The Balaban J connectivity index is 0.00000125. The Morgan fingerprint density at radius 3 is 2.13 bits per heavy atom. The highest BCUT2D eigenvalue weighted by Gasteiger charge is 2.29. The van der Waals surface area contributed by atoms with E-state index in [-0.39, 0.29) is 6.47 Å². The number of aliphatic hydroxyl groups is 1. The first-order chi connectivity index (χ1) is 18.2. The molecule has 2 N–H and O–H groups in total. The van der Waals surface area contributed by atoms with Crippen LogP contribution in [0, 0.1) is 31.1 Å². The largest absolute Gasteiger partial charge is 0.491 e. The number of hydrogen-bond acceptors (Lipinski definition) is 6. The average molecular weight is 607 g/mol. The molecule has 0 radical (unpaired) electrons. The van der Waals surface area contributed by atoms with Crippen LogP contribution in [0.3, 0.4) is 0 Å². The highest BCUT2D eigenvalue weighted by molar-refractivity contribution is 9.09. The van der Waals surface area contributed by atoms with Crippen LogP contribution in [0.25, 0.3) is 11.3 Å². The van der Waals surface area contributed by atoms with E-state index in [1.807, 2.05) is 18.5 Å². The maximum absolute atomic E-state index is 8.52. The molecule has 0 bridgehead atoms. The van der Waals surface area contributed by atoms with Gasteiger partial charge in [-0.25, -0.2) is 0 Å². The zero-order valence-corrected chi connectivity index (χ0v) is 26.6. The Labute approximate surface area is 244 Å². The predicted molar refractivity (Wildman–Crippen MR) is 166 cm³/mol. The summed E-state index contributed by atoms with van der Waals surface area (Å²) in [6.07, 6.45) is 15.3. The molecular weight excluding hydrogens is 558 g/mol. The first kappa shape index (κ1) is 36.4. The third-order valence-corrected chi connectivity index (χ3v) is 6.09. The van der Waals surface area contributed by atoms with Gasteiger partial charge >= 0.3 is 0 Å². The number of ether oxygens (including phenoxy) is 1. The lowest BCUT2D eigenvalue weighted by molar-refractivity contribution is -0.122. The van der Waals surface area contributed by atoms with Crippen molar-refractivity contribution < 1.29 is 19.7 Å². The number of pyridine rings is 2. The molecular formula is C31H48BrN3O4. The molecule has 2 aromatic rings. The molecule has 39 heavy (non-hydrogen) atoms. The number of terminal acetylenes is 1. The summed E-state index contributed by atoms with van der Waals surface area (Å²) in [5, 5.41) is 16.2. The third kappa shape index (κ3) is 14.4. The van der Waals surface area contributed by atoms with E-state index in [0.29, 0.717) is 17.9 Å². The molecule has 3 heterocycles. The second kappa shape index (κ2) is 17.9. The average Bonchev–Trinajstić information content (AvgIpc) is 2.85. The van der Waals surface area contributed by atoms with Crippen molar-refractivity contribution in [3.63, 3.8) is 0 Å². The van der Waals surface area contributed by atoms with Crippen molar-refractivity contribution in [3.8, 4) is 29.9 Å². The minimum absolute atomic E-state index is 0.250. The molecule has 0 amide bonds. The number of alkyl halides is 1. The Morgan fingerprint density at radius 1 is 1.15 bits per heavy atom. The standard InChI is InChI=1S/C24H34BrN3O.C4H10O.C2H2.CH2O2/c1-17(2)14-20-18(3)26-16-21(22-7-6-19(15-27-22)29-13-10-25)23(20)28-11-8-24(4,5)9-12-28;1-4(2,3)5;1-2;2-1-3/h6-7,15-17H,8-14H2,1-5H3;5H,1-3H3;1-2H;1H,(H,2,3). The van der Waals surface area contributed by atoms with Gasteiger partial charge in [0.15, 0.2) is 0 Å². The van der Waals surface area contributed by atoms with E-state index in [0.717, 1.165) is 47.5 Å². The molecule has 1 aliphatic rings. The van der Waals surface area contributed by atoms with Crippen LogP contribution in [-0.2, 0) is 11.2 Å². The van der Waals surface area contributed by atoms with Gasteiger partial charge in [0.25, 0.3) is 6.47 Å². The number of aromatic nitrogens is 2. The molecule has 1 saturated heterocycles. The van der Waals surface area contributed by atoms with E-state index in [1.165, 1.54) is 24.1 Å². The normalized spacial score (nSPS) is 14.0. The first-order valence-electron chi connectivity index (χ1n) is 13.2. The van der Waals surface area contributed by atoms with Gasteiger partial charge in [0.1, 0.15) is 5.75 Å². The van der Waals surface area contributed by atoms with Gasteiger partial charge in [-0.1, -0.05) is 43.6 Å². The second-order valence-corrected chi connectivity index (χ2v) is 12.3. The number of nitrogens with zero attached hydrogens (tertiary/aromatic N) is 3. The Morgan fingerprint density at radius 2 is 1.69 bits per heavy atom. The fourth-order valence-corrected chi connectivity index (χ4v) is 4.11. The van der Waals surface area contributed by atoms with Crippen molar-refractivity contribution in [3.05, 3.63) is 35.8 Å². The van der Waals surface area contributed by atoms with Crippen LogP contribution in [0.1, 0.15) is 72.6 Å². The van der Waals surface area contributed by atoms with Gasteiger partial charge < -0.3 is 19.8 Å². The number of carbonyl (C=O) groups is 1. The van der Waals surface area contributed by atoms with Crippen molar-refractivity contribution in [2.45, 2.75) is 80.3 Å². The van der Waals surface area contributed by atoms with Gasteiger partial charge in [0.2, 0.25) is 0 Å². The molecule has 218 valence electrons. The van der Waals surface area contributed by atoms with Crippen LogP contribution in [-0.4, -0.2) is 57.3 Å². The van der Waals surface area contributed by atoms with Gasteiger partial charge in [-0.05, 0) is 76.0 Å². The van der Waals surface area contributed by atoms with E-state index in [9.17, 15) is 0 Å². The maximum Gasteiger partial charge on any atom is 0.290 e. The van der Waals surface area contributed by atoms with E-state index in [4.69, 9.17) is 29.7 Å². The number of rotatable bonds is 7. The zero-order valence-electron chi connectivity index (χ0n) is 25.0. The third-order valence-electron chi connectivity index (χ3n) is 5.77. The van der Waals surface area contributed by atoms with Gasteiger partial charge in [-0.2, -0.15) is 0 Å². The quantitative estimate of drug-likeness (QED) is 0.204. The molecule has 0 atom stereocenters. The summed E-state index contributed by atoms with van der Waals surface area (Å²) in [5.41, 5.74) is 5.87. The van der Waals surface area contributed by atoms with Crippen LogP contribution in [0.4, 0.5) is 5.69 Å². The molecule has 0 saturated carbocycles. The number of anilines is 1. The highest BCUT2D eigenvalue weighted by atomic mass is 79.9. The smallest absolute Gasteiger partial charge is 0.290 e. The number of halogens is 1. The molecule has 1 fully saturated rings. The van der Waals surface area contributed by atoms with Crippen LogP contribution >= 0.6 is 15.9 Å². The number of aryl methyl sites for hydroxylation is 1. The van der Waals surface area contributed by atoms with Crippen LogP contribution in [0.15, 0.2) is 24.5 Å². The van der Waals surface area contributed by atoms with Crippen molar-refractivity contribution in [1.29, 1.82) is 0 Å². The van der Waals surface area contributed by atoms with Gasteiger partial charge in [-0.3, -0.25) is 14.8 Å². The van der Waals surface area contributed by atoms with Crippen LogP contribution in [0.5, 0.6) is 5.75 Å². The summed E-state index contributed by atoms with van der Waals surface area (Å²) in [7, 11) is 0. The van der Waals surface area contributed by atoms with E-state index < -0.39 is 5.60 Å². The maximum atomic E-state index is 8.52. The van der Waals surface area contributed by atoms with E-state index in [2.05, 4.69) is 74.4 Å². The van der Waals surface area contributed by atoms with Crippen molar-refractivity contribution in [2.24, 2.45) is 11.3 Å². The molecule has 8 heteroatoms. The SMILES string of the molecule is C#C.CC(C)(C)O.Cc1ncc(-c2ccc(OCCBr)cn2)c(N2CCC(C)(C)CC2)c1CC(C)C.O=CO. The monoisotopic (exact) mass is 605 g/mol. The lowest BCUT2D eigenvalue weighted by atomic mass is 9.82. The lowest BCUT2D eigenvalue weighted by Crippen LogP contribution is -2.38. The summed E-state index contributed by atoms with van der Waals surface area (Å²) < 4.78 is 5.68. The van der Waals surface area contributed by atoms with Crippen LogP contribution in [0.2, 0.25) is 0 Å². The lowest BCUT2D eigenvalue weighted by Gasteiger charge is -2.40. The summed E-state index contributed by atoms with van der Waals surface area (Å²) in [4.78, 5) is 20.4. The minimum atomic E-state index is -0.500. The van der Waals surface area contributed by atoms with Crippen molar-refractivity contribution >= 4 is 28.1 Å². The number of carboxylic acid groups (broad SMARTS) is 1. The summed E-state index contributed by atoms with van der Waals surface area (Å²) >= 11 is 3.39. The summed E-state index contributed by atoms with van der Waals surface area (Å²) in [6.45, 7) is 19.3. The van der Waals surface area contributed by atoms with E-state index >= 15 is 0 Å². The van der Waals surface area contributed by atoms with Gasteiger partial charge in [0.05, 0.1) is 29.8 Å². The summed E-state index contributed by atoms with van der Waals surface area (Å²) in [5.74, 6) is 1.38. The Hall–Kier alpha value is -2.63. The minimum Gasteiger partial charge on any atom is -0.491 e. The molecule has 0 aromatic carbocycles. The van der Waals surface area contributed by atoms with Crippen molar-refractivity contribution in [1.82, 2.24) is 9.97 Å². The van der Waals surface area contributed by atoms with Crippen molar-refractivity contribution in [2.75, 3.05) is 29.9 Å². The molecule has 7 nitrogen and oxygen atoms in total. The molecule has 2 aromatic heterocycles. The highest BCUT2D eigenvalue weighted by Crippen LogP contribution is 2.40. The van der Waals surface area contributed by atoms with Gasteiger partial charge in [0, 0.05) is 35.9 Å². The second-order valence-electron chi connectivity index (χ2n) is 11.5. The number of piperidine rings is 1. The Kier molecular flexibility index (Phi) is 16.7. The molecule has 3 rings (SSSR count). The molecule has 0 aliphatic carbocycles. The van der Waals surface area contributed by atoms with Gasteiger partial charge in [-0.15, -0.1) is 12.8 Å². The fourth-order valence-electron chi connectivity index (χ4n) is 3.95. The molecule has 1 aliphatic heterocycles. The Bertz CT molecular complexity index is 983. The topological polar surface area (TPSA) is 95.8 Å². The predicted octanol–water partition coefficient (Wildman–Crippen LogP) is 6.78. The fraction of sp³-hybridized carbons (Fsp3) is 0.581. The number of hydrogen-bond donors (Lipinski definition) is 2. The summed E-state index contributed by atoms with van der Waals surface area (Å²) in [6, 6.07) is 4.07.